The van der Waals surface area contributed by atoms with E-state index in [2.05, 4.69) is 54.3 Å². The monoisotopic (exact) mass is 418 g/mol. The van der Waals surface area contributed by atoms with E-state index in [0.717, 1.165) is 0 Å². The van der Waals surface area contributed by atoms with Crippen molar-refractivity contribution in [2.75, 3.05) is 13.2 Å². The molecule has 168 valence electrons. The maximum Gasteiger partial charge on any atom is 0.508 e. The number of ether oxygens (including phenoxy) is 3. The van der Waals surface area contributed by atoms with Gasteiger partial charge in [-0.15, -0.1) is 0 Å². The molecular weight excluding hydrogens is 372 g/mol. The maximum absolute atomic E-state index is 12.3. The van der Waals surface area contributed by atoms with Crippen LogP contribution in [0.4, 0.5) is 4.79 Å². The standard InChI is InChI=1S/C22H46O5Si/c1-16(15-26-22(9,10)28(11,12)13)19(3,4)21(7,8)27-18(23)25-14-17(2)20(5,6)24/h16-17,24H,14-15H2,1-13H3. The van der Waals surface area contributed by atoms with Crippen LogP contribution in [0, 0.1) is 17.3 Å². The molecule has 2 unspecified atom stereocenters. The van der Waals surface area contributed by atoms with E-state index in [1.807, 2.05) is 20.8 Å². The van der Waals surface area contributed by atoms with Gasteiger partial charge in [0.25, 0.3) is 0 Å². The summed E-state index contributed by atoms with van der Waals surface area (Å²) in [4.78, 5) is 12.3. The fourth-order valence-corrected chi connectivity index (χ4v) is 2.63. The lowest BCUT2D eigenvalue weighted by molar-refractivity contribution is -0.120. The number of rotatable bonds is 10. The van der Waals surface area contributed by atoms with Crippen LogP contribution >= 0.6 is 0 Å². The van der Waals surface area contributed by atoms with Crippen molar-refractivity contribution < 1.29 is 24.1 Å². The molecular formula is C22H46O5Si. The molecule has 0 fully saturated rings. The highest BCUT2D eigenvalue weighted by Gasteiger charge is 2.46. The smallest absolute Gasteiger partial charge is 0.434 e. The number of hydrogen-bond acceptors (Lipinski definition) is 5. The van der Waals surface area contributed by atoms with Gasteiger partial charge in [0.05, 0.1) is 25.5 Å². The van der Waals surface area contributed by atoms with Crippen molar-refractivity contribution in [3.63, 3.8) is 0 Å². The quantitative estimate of drug-likeness (QED) is 0.366. The SMILES string of the molecule is CC(COC(=O)OC(C)(C)C(C)(C)C(C)COC(C)(C)[Si](C)(C)C)C(C)(C)O. The molecule has 0 aromatic carbocycles. The fourth-order valence-electron chi connectivity index (χ4n) is 2.12. The van der Waals surface area contributed by atoms with Crippen molar-refractivity contribution >= 4 is 14.2 Å². The van der Waals surface area contributed by atoms with Crippen LogP contribution in [-0.4, -0.2) is 49.0 Å². The van der Waals surface area contributed by atoms with Gasteiger partial charge in [0.1, 0.15) is 12.2 Å². The number of carbonyl (C=O) groups excluding carboxylic acids is 1. The first kappa shape index (κ1) is 27.4. The third kappa shape index (κ3) is 7.34. The zero-order chi connectivity index (χ0) is 22.8. The van der Waals surface area contributed by atoms with E-state index in [-0.39, 0.29) is 29.1 Å². The lowest BCUT2D eigenvalue weighted by atomic mass is 9.68. The van der Waals surface area contributed by atoms with E-state index in [9.17, 15) is 9.90 Å². The Labute approximate surface area is 174 Å². The molecule has 5 nitrogen and oxygen atoms in total. The fraction of sp³-hybridized carbons (Fsp3) is 0.955. The summed E-state index contributed by atoms with van der Waals surface area (Å²) < 4.78 is 17.3. The van der Waals surface area contributed by atoms with E-state index >= 15 is 0 Å². The van der Waals surface area contributed by atoms with Gasteiger partial charge in [0.15, 0.2) is 0 Å². The van der Waals surface area contributed by atoms with Gasteiger partial charge in [-0.3, -0.25) is 0 Å². The molecule has 0 rings (SSSR count). The van der Waals surface area contributed by atoms with E-state index in [4.69, 9.17) is 14.2 Å². The normalized spacial score (nSPS) is 16.5. The van der Waals surface area contributed by atoms with Gasteiger partial charge in [-0.05, 0) is 47.5 Å². The molecule has 28 heavy (non-hydrogen) atoms. The van der Waals surface area contributed by atoms with Crippen LogP contribution in [-0.2, 0) is 14.2 Å². The van der Waals surface area contributed by atoms with Gasteiger partial charge in [0, 0.05) is 11.3 Å². The molecule has 0 amide bonds. The number of aliphatic hydroxyl groups is 1. The summed E-state index contributed by atoms with van der Waals surface area (Å²) in [5.41, 5.74) is -1.98. The first-order chi connectivity index (χ1) is 12.1. The second kappa shape index (κ2) is 9.05. The second-order valence-electron chi connectivity index (χ2n) is 11.4. The zero-order valence-corrected chi connectivity index (χ0v) is 21.6. The summed E-state index contributed by atoms with van der Waals surface area (Å²) in [7, 11) is -1.47. The van der Waals surface area contributed by atoms with E-state index in [0.29, 0.717) is 6.61 Å². The number of carbonyl (C=O) groups is 1. The predicted octanol–water partition coefficient (Wildman–Crippen LogP) is 5.66. The summed E-state index contributed by atoms with van der Waals surface area (Å²) in [6.07, 6.45) is -0.704. The van der Waals surface area contributed by atoms with Crippen LogP contribution in [0.15, 0.2) is 0 Å². The van der Waals surface area contributed by atoms with Gasteiger partial charge in [-0.1, -0.05) is 47.3 Å². The molecule has 0 saturated heterocycles. The summed E-state index contributed by atoms with van der Waals surface area (Å²) in [6.45, 7) is 27.3. The van der Waals surface area contributed by atoms with Crippen molar-refractivity contribution in [3.8, 4) is 0 Å². The predicted molar refractivity (Wildman–Crippen MR) is 118 cm³/mol. The largest absolute Gasteiger partial charge is 0.508 e. The first-order valence-electron chi connectivity index (χ1n) is 10.4. The lowest BCUT2D eigenvalue weighted by Crippen LogP contribution is -2.52. The molecule has 0 bridgehead atoms. The third-order valence-electron chi connectivity index (χ3n) is 7.28. The minimum atomic E-state index is -1.47. The van der Waals surface area contributed by atoms with Gasteiger partial charge >= 0.3 is 6.16 Å². The molecule has 2 atom stereocenters. The van der Waals surface area contributed by atoms with Gasteiger partial charge in [0.2, 0.25) is 0 Å². The molecule has 0 aliphatic heterocycles. The van der Waals surface area contributed by atoms with E-state index < -0.39 is 25.4 Å². The van der Waals surface area contributed by atoms with Crippen LogP contribution in [0.25, 0.3) is 0 Å². The molecule has 0 aromatic rings. The van der Waals surface area contributed by atoms with Gasteiger partial charge < -0.3 is 19.3 Å². The summed E-state index contributed by atoms with van der Waals surface area (Å²) in [5.74, 6) is -0.0199. The Balaban J connectivity index is 4.95. The van der Waals surface area contributed by atoms with Crippen molar-refractivity contribution in [2.45, 2.75) is 105 Å². The number of hydrogen-bond donors (Lipinski definition) is 1. The van der Waals surface area contributed by atoms with E-state index in [1.165, 1.54) is 0 Å². The minimum absolute atomic E-state index is 0.113. The first-order valence-corrected chi connectivity index (χ1v) is 13.9. The highest BCUT2D eigenvalue weighted by Crippen LogP contribution is 2.41. The minimum Gasteiger partial charge on any atom is -0.434 e. The second-order valence-corrected chi connectivity index (χ2v) is 17.1. The Kier molecular flexibility index (Phi) is 8.86. The van der Waals surface area contributed by atoms with Crippen LogP contribution < -0.4 is 0 Å². The molecule has 0 aromatic heterocycles. The van der Waals surface area contributed by atoms with Crippen molar-refractivity contribution in [2.24, 2.45) is 17.3 Å². The Bertz CT molecular complexity index is 512. The highest BCUT2D eigenvalue weighted by atomic mass is 28.3. The zero-order valence-electron chi connectivity index (χ0n) is 20.6. The summed E-state index contributed by atoms with van der Waals surface area (Å²) in [6, 6.07) is 0. The van der Waals surface area contributed by atoms with Crippen molar-refractivity contribution in [1.29, 1.82) is 0 Å². The third-order valence-corrected chi connectivity index (χ3v) is 11.0. The van der Waals surface area contributed by atoms with Gasteiger partial charge in [-0.25, -0.2) is 4.79 Å². The molecule has 0 aliphatic carbocycles. The molecule has 1 N–H and O–H groups in total. The summed E-state index contributed by atoms with van der Waals surface area (Å²) in [5, 5.41) is 9.84. The van der Waals surface area contributed by atoms with Crippen LogP contribution in [0.5, 0.6) is 0 Å². The maximum atomic E-state index is 12.3. The van der Waals surface area contributed by atoms with Gasteiger partial charge in [-0.2, -0.15) is 0 Å². The topological polar surface area (TPSA) is 65.0 Å². The molecule has 0 radical (unpaired) electrons. The molecule has 6 heteroatoms. The van der Waals surface area contributed by atoms with Crippen molar-refractivity contribution in [1.82, 2.24) is 0 Å². The van der Waals surface area contributed by atoms with Crippen molar-refractivity contribution in [3.05, 3.63) is 0 Å². The average Bonchev–Trinajstić information content (AvgIpc) is 2.47. The van der Waals surface area contributed by atoms with Crippen LogP contribution in [0.3, 0.4) is 0 Å². The van der Waals surface area contributed by atoms with E-state index in [1.54, 1.807) is 13.8 Å². The van der Waals surface area contributed by atoms with Crippen LogP contribution in [0.1, 0.15) is 69.2 Å². The Morgan fingerprint density at radius 1 is 0.893 bits per heavy atom. The molecule has 0 saturated carbocycles. The Morgan fingerprint density at radius 3 is 1.75 bits per heavy atom. The average molecular weight is 419 g/mol. The van der Waals surface area contributed by atoms with Crippen LogP contribution in [0.2, 0.25) is 19.6 Å². The molecule has 0 heterocycles. The molecule has 0 aliphatic rings. The highest BCUT2D eigenvalue weighted by molar-refractivity contribution is 6.78. The molecule has 0 spiro atoms. The Hall–Kier alpha value is -0.593. The summed E-state index contributed by atoms with van der Waals surface area (Å²) >= 11 is 0. The lowest BCUT2D eigenvalue weighted by Gasteiger charge is -2.46. The Morgan fingerprint density at radius 2 is 1.36 bits per heavy atom.